The van der Waals surface area contributed by atoms with Crippen LogP contribution in [-0.4, -0.2) is 12.1 Å². The van der Waals surface area contributed by atoms with Crippen LogP contribution in [0.25, 0.3) is 0 Å². The van der Waals surface area contributed by atoms with E-state index in [0.29, 0.717) is 5.41 Å². The molecule has 0 spiro atoms. The Morgan fingerprint density at radius 1 is 1.11 bits per heavy atom. The lowest BCUT2D eigenvalue weighted by Gasteiger charge is -2.28. The molecule has 0 radical (unpaired) electrons. The Labute approximate surface area is 117 Å². The summed E-state index contributed by atoms with van der Waals surface area (Å²) < 4.78 is 0. The van der Waals surface area contributed by atoms with Gasteiger partial charge in [0.15, 0.2) is 0 Å². The summed E-state index contributed by atoms with van der Waals surface area (Å²) in [6.07, 6.45) is 2.23. The van der Waals surface area contributed by atoms with E-state index in [-0.39, 0.29) is 5.54 Å². The normalized spacial score (nSPS) is 12.8. The molecule has 1 nitrogen and oxygen atoms in total. The predicted molar refractivity (Wildman–Crippen MR) is 81.3 cm³/mol. The number of benzene rings is 1. The van der Waals surface area contributed by atoms with Gasteiger partial charge in [-0.05, 0) is 63.3 Å². The molecule has 0 heterocycles. The van der Waals surface area contributed by atoms with Crippen LogP contribution in [0.3, 0.4) is 0 Å². The zero-order valence-corrected chi connectivity index (χ0v) is 13.1. The first-order chi connectivity index (χ1) is 8.18. The summed E-state index contributed by atoms with van der Waals surface area (Å²) in [5.41, 5.74) is 1.82. The molecule has 18 heavy (non-hydrogen) atoms. The van der Waals surface area contributed by atoms with E-state index in [0.717, 1.165) is 24.4 Å². The van der Waals surface area contributed by atoms with Crippen LogP contribution in [0.1, 0.15) is 46.6 Å². The molecule has 0 fully saturated rings. The molecule has 1 aromatic carbocycles. The first-order valence-electron chi connectivity index (χ1n) is 6.67. The fourth-order valence-electron chi connectivity index (χ4n) is 2.06. The van der Waals surface area contributed by atoms with Crippen LogP contribution >= 0.6 is 11.6 Å². The minimum absolute atomic E-state index is 0.201. The molecule has 0 aliphatic carbocycles. The van der Waals surface area contributed by atoms with E-state index in [4.69, 9.17) is 11.6 Å². The highest BCUT2D eigenvalue weighted by Crippen LogP contribution is 2.26. The molecule has 0 saturated carbocycles. The first kappa shape index (κ1) is 15.5. The van der Waals surface area contributed by atoms with Gasteiger partial charge >= 0.3 is 0 Å². The van der Waals surface area contributed by atoms with Gasteiger partial charge in [0.2, 0.25) is 0 Å². The van der Waals surface area contributed by atoms with Crippen LogP contribution in [-0.2, 0) is 6.42 Å². The number of rotatable bonds is 5. The summed E-state index contributed by atoms with van der Waals surface area (Å²) in [4.78, 5) is 0. The molecule has 1 aromatic rings. The maximum atomic E-state index is 6.03. The lowest BCUT2D eigenvalue weighted by Crippen LogP contribution is -2.38. The van der Waals surface area contributed by atoms with Gasteiger partial charge in [-0.3, -0.25) is 0 Å². The number of halogens is 1. The molecule has 0 bridgehead atoms. The largest absolute Gasteiger partial charge is 0.312 e. The summed E-state index contributed by atoms with van der Waals surface area (Å²) >= 11 is 6.03. The SMILES string of the molecule is CC(C)(CCNC(C)(C)C)Cc1cccc(Cl)c1. The van der Waals surface area contributed by atoms with Crippen molar-refractivity contribution in [3.8, 4) is 0 Å². The molecule has 0 atom stereocenters. The molecule has 0 aromatic heterocycles. The van der Waals surface area contributed by atoms with E-state index in [1.807, 2.05) is 12.1 Å². The van der Waals surface area contributed by atoms with Gasteiger partial charge in [-0.25, -0.2) is 0 Å². The standard InChI is InChI=1S/C16H26ClN/c1-15(2,3)18-10-9-16(4,5)12-13-7-6-8-14(17)11-13/h6-8,11,18H,9-10,12H2,1-5H3. The first-order valence-corrected chi connectivity index (χ1v) is 7.05. The third-order valence-corrected chi connectivity index (χ3v) is 3.26. The Morgan fingerprint density at radius 2 is 1.78 bits per heavy atom. The molecule has 0 unspecified atom stereocenters. The highest BCUT2D eigenvalue weighted by atomic mass is 35.5. The Balaban J connectivity index is 2.49. The highest BCUT2D eigenvalue weighted by Gasteiger charge is 2.19. The van der Waals surface area contributed by atoms with Gasteiger partial charge in [-0.2, -0.15) is 0 Å². The minimum atomic E-state index is 0.201. The molecule has 102 valence electrons. The van der Waals surface area contributed by atoms with Crippen molar-refractivity contribution in [2.75, 3.05) is 6.54 Å². The van der Waals surface area contributed by atoms with Gasteiger partial charge in [-0.15, -0.1) is 0 Å². The van der Waals surface area contributed by atoms with Crippen molar-refractivity contribution in [3.05, 3.63) is 34.9 Å². The van der Waals surface area contributed by atoms with Gasteiger partial charge < -0.3 is 5.32 Å². The van der Waals surface area contributed by atoms with Gasteiger partial charge in [0.1, 0.15) is 0 Å². The number of hydrogen-bond donors (Lipinski definition) is 1. The Morgan fingerprint density at radius 3 is 2.33 bits per heavy atom. The molecule has 0 aliphatic rings. The van der Waals surface area contributed by atoms with Crippen LogP contribution in [0.2, 0.25) is 5.02 Å². The second-order valence-corrected chi connectivity index (χ2v) is 7.33. The van der Waals surface area contributed by atoms with E-state index < -0.39 is 0 Å². The molecule has 1 rings (SSSR count). The molecular weight excluding hydrogens is 242 g/mol. The van der Waals surface area contributed by atoms with Crippen molar-refractivity contribution in [2.24, 2.45) is 5.41 Å². The van der Waals surface area contributed by atoms with Gasteiger partial charge in [0.05, 0.1) is 0 Å². The highest BCUT2D eigenvalue weighted by molar-refractivity contribution is 6.30. The second kappa shape index (κ2) is 6.08. The predicted octanol–water partition coefficient (Wildman–Crippen LogP) is 4.69. The van der Waals surface area contributed by atoms with Crippen molar-refractivity contribution in [1.82, 2.24) is 5.32 Å². The summed E-state index contributed by atoms with van der Waals surface area (Å²) in [6, 6.07) is 8.19. The van der Waals surface area contributed by atoms with Crippen LogP contribution in [0, 0.1) is 5.41 Å². The fraction of sp³-hybridized carbons (Fsp3) is 0.625. The zero-order valence-electron chi connectivity index (χ0n) is 12.3. The Kier molecular flexibility index (Phi) is 5.24. The summed E-state index contributed by atoms with van der Waals surface area (Å²) in [5.74, 6) is 0. The average Bonchev–Trinajstić information content (AvgIpc) is 2.13. The van der Waals surface area contributed by atoms with Gasteiger partial charge in [0.25, 0.3) is 0 Å². The Hall–Kier alpha value is -0.530. The third-order valence-electron chi connectivity index (χ3n) is 3.03. The molecular formula is C16H26ClN. The quantitative estimate of drug-likeness (QED) is 0.816. The van der Waals surface area contributed by atoms with E-state index in [2.05, 4.69) is 52.1 Å². The Bertz CT molecular complexity index is 377. The summed E-state index contributed by atoms with van der Waals surface area (Å²) in [7, 11) is 0. The van der Waals surface area contributed by atoms with E-state index in [1.165, 1.54) is 5.56 Å². The average molecular weight is 268 g/mol. The second-order valence-electron chi connectivity index (χ2n) is 6.90. The lowest BCUT2D eigenvalue weighted by molar-refractivity contribution is 0.302. The molecule has 1 N–H and O–H groups in total. The molecule has 0 amide bonds. The van der Waals surface area contributed by atoms with Crippen molar-refractivity contribution < 1.29 is 0 Å². The van der Waals surface area contributed by atoms with Crippen molar-refractivity contribution in [1.29, 1.82) is 0 Å². The third kappa shape index (κ3) is 6.42. The van der Waals surface area contributed by atoms with E-state index in [1.54, 1.807) is 0 Å². The van der Waals surface area contributed by atoms with Crippen LogP contribution in [0.15, 0.2) is 24.3 Å². The van der Waals surface area contributed by atoms with Crippen LogP contribution < -0.4 is 5.32 Å². The molecule has 0 saturated heterocycles. The fourth-order valence-corrected chi connectivity index (χ4v) is 2.28. The van der Waals surface area contributed by atoms with Crippen molar-refractivity contribution >= 4 is 11.6 Å². The van der Waals surface area contributed by atoms with Gasteiger partial charge in [0, 0.05) is 10.6 Å². The smallest absolute Gasteiger partial charge is 0.0408 e. The van der Waals surface area contributed by atoms with Crippen LogP contribution in [0.4, 0.5) is 0 Å². The topological polar surface area (TPSA) is 12.0 Å². The van der Waals surface area contributed by atoms with Gasteiger partial charge in [-0.1, -0.05) is 37.6 Å². The molecule has 2 heteroatoms. The number of nitrogens with one attached hydrogen (secondary N) is 1. The van der Waals surface area contributed by atoms with Crippen molar-refractivity contribution in [2.45, 2.75) is 53.0 Å². The lowest BCUT2D eigenvalue weighted by atomic mass is 9.82. The van der Waals surface area contributed by atoms with Crippen LogP contribution in [0.5, 0.6) is 0 Å². The van der Waals surface area contributed by atoms with Crippen molar-refractivity contribution in [3.63, 3.8) is 0 Å². The summed E-state index contributed by atoms with van der Waals surface area (Å²) in [6.45, 7) is 12.3. The maximum absolute atomic E-state index is 6.03. The molecule has 0 aliphatic heterocycles. The van der Waals surface area contributed by atoms with E-state index >= 15 is 0 Å². The number of hydrogen-bond acceptors (Lipinski definition) is 1. The van der Waals surface area contributed by atoms with E-state index in [9.17, 15) is 0 Å². The maximum Gasteiger partial charge on any atom is 0.0408 e. The summed E-state index contributed by atoms with van der Waals surface area (Å²) in [5, 5.41) is 4.38. The minimum Gasteiger partial charge on any atom is -0.312 e. The monoisotopic (exact) mass is 267 g/mol. The zero-order chi connectivity index (χ0) is 13.8.